The summed E-state index contributed by atoms with van der Waals surface area (Å²) in [5.41, 5.74) is -0.140. The van der Waals surface area contributed by atoms with Crippen LogP contribution in [0.4, 0.5) is 0 Å². The molecule has 0 saturated carbocycles. The minimum absolute atomic E-state index is 0.0605. The summed E-state index contributed by atoms with van der Waals surface area (Å²) in [5, 5.41) is 18.0. The van der Waals surface area contributed by atoms with E-state index in [0.29, 0.717) is 0 Å². The molecule has 0 aliphatic carbocycles. The van der Waals surface area contributed by atoms with Gasteiger partial charge in [-0.2, -0.15) is 0 Å². The topological polar surface area (TPSA) is 77.8 Å². The quantitative estimate of drug-likeness (QED) is 0.754. The molecule has 0 heterocycles. The van der Waals surface area contributed by atoms with Crippen LogP contribution in [0, 0.1) is 0 Å². The van der Waals surface area contributed by atoms with Gasteiger partial charge >= 0.3 is 5.97 Å². The molecule has 15 heavy (non-hydrogen) atoms. The van der Waals surface area contributed by atoms with Crippen molar-refractivity contribution < 1.29 is 19.8 Å². The molecule has 5 heteroatoms. The molecule has 0 fully saturated rings. The number of amides is 1. The zero-order valence-electron chi connectivity index (χ0n) is 8.39. The van der Waals surface area contributed by atoms with Crippen LogP contribution in [0.2, 0.25) is 0 Å². The number of phenolic OH excluding ortho intramolecular Hbond substituents is 1. The molecule has 80 valence electrons. The van der Waals surface area contributed by atoms with Crippen LogP contribution >= 0.6 is 0 Å². The molecule has 0 aliphatic heterocycles. The summed E-state index contributed by atoms with van der Waals surface area (Å²) < 4.78 is 0. The number of nitrogens with zero attached hydrogens (tertiary/aromatic N) is 1. The molecule has 0 spiro atoms. The molecular weight excluding hydrogens is 198 g/mol. The van der Waals surface area contributed by atoms with Crippen LogP contribution in [-0.4, -0.2) is 41.1 Å². The number of rotatable bonds is 2. The molecule has 5 nitrogen and oxygen atoms in total. The van der Waals surface area contributed by atoms with Crippen molar-refractivity contribution in [2.75, 3.05) is 14.1 Å². The second kappa shape index (κ2) is 4.00. The van der Waals surface area contributed by atoms with Crippen LogP contribution in [0.5, 0.6) is 5.75 Å². The van der Waals surface area contributed by atoms with E-state index in [1.165, 1.54) is 31.1 Å². The first-order valence-electron chi connectivity index (χ1n) is 4.21. The highest BCUT2D eigenvalue weighted by Crippen LogP contribution is 2.17. The molecule has 2 N–H and O–H groups in total. The average molecular weight is 209 g/mol. The van der Waals surface area contributed by atoms with Gasteiger partial charge in [-0.25, -0.2) is 4.79 Å². The van der Waals surface area contributed by atoms with Crippen LogP contribution in [-0.2, 0) is 0 Å². The Balaban J connectivity index is 3.29. The van der Waals surface area contributed by atoms with Gasteiger partial charge in [0.25, 0.3) is 5.91 Å². The zero-order valence-corrected chi connectivity index (χ0v) is 8.39. The minimum Gasteiger partial charge on any atom is -0.508 e. The van der Waals surface area contributed by atoms with Gasteiger partial charge in [0.05, 0.1) is 11.1 Å². The van der Waals surface area contributed by atoms with E-state index in [0.717, 1.165) is 6.07 Å². The molecule has 0 aromatic heterocycles. The molecule has 1 amide bonds. The van der Waals surface area contributed by atoms with Crippen molar-refractivity contribution in [1.29, 1.82) is 0 Å². The number of hydrogen-bond acceptors (Lipinski definition) is 3. The standard InChI is InChI=1S/C10H11NO4/c1-11(2)9(13)7-4-3-6(12)5-8(7)10(14)15/h3-5,12H,1-2H3,(H,14,15). The van der Waals surface area contributed by atoms with Gasteiger partial charge < -0.3 is 15.1 Å². The van der Waals surface area contributed by atoms with Crippen molar-refractivity contribution in [1.82, 2.24) is 4.90 Å². The predicted molar refractivity (Wildman–Crippen MR) is 53.1 cm³/mol. The van der Waals surface area contributed by atoms with Crippen molar-refractivity contribution in [3.05, 3.63) is 29.3 Å². The van der Waals surface area contributed by atoms with Crippen LogP contribution in [0.25, 0.3) is 0 Å². The Morgan fingerprint density at radius 3 is 2.27 bits per heavy atom. The van der Waals surface area contributed by atoms with E-state index >= 15 is 0 Å². The first-order valence-corrected chi connectivity index (χ1v) is 4.21. The number of carbonyl (C=O) groups is 2. The maximum absolute atomic E-state index is 11.6. The van der Waals surface area contributed by atoms with Gasteiger partial charge in [-0.15, -0.1) is 0 Å². The van der Waals surface area contributed by atoms with E-state index in [4.69, 9.17) is 10.2 Å². The fraction of sp³-hybridized carbons (Fsp3) is 0.200. The van der Waals surface area contributed by atoms with Gasteiger partial charge in [0, 0.05) is 14.1 Å². The molecule has 1 rings (SSSR count). The van der Waals surface area contributed by atoms with Gasteiger partial charge in [-0.3, -0.25) is 4.79 Å². The number of hydrogen-bond donors (Lipinski definition) is 2. The molecular formula is C10H11NO4. The largest absolute Gasteiger partial charge is 0.508 e. The molecule has 0 saturated heterocycles. The number of carboxylic acids is 1. The van der Waals surface area contributed by atoms with Crippen LogP contribution in [0.15, 0.2) is 18.2 Å². The Morgan fingerprint density at radius 2 is 1.80 bits per heavy atom. The molecule has 0 unspecified atom stereocenters. The molecule has 1 aromatic carbocycles. The number of aromatic hydroxyl groups is 1. The molecule has 0 radical (unpaired) electrons. The second-order valence-corrected chi connectivity index (χ2v) is 3.23. The van der Waals surface area contributed by atoms with Crippen LogP contribution in [0.1, 0.15) is 20.7 Å². The smallest absolute Gasteiger partial charge is 0.336 e. The number of aromatic carboxylic acids is 1. The van der Waals surface area contributed by atoms with E-state index in [1.807, 2.05) is 0 Å². The van der Waals surface area contributed by atoms with Crippen LogP contribution in [0.3, 0.4) is 0 Å². The monoisotopic (exact) mass is 209 g/mol. The van der Waals surface area contributed by atoms with Crippen molar-refractivity contribution >= 4 is 11.9 Å². The maximum atomic E-state index is 11.6. The lowest BCUT2D eigenvalue weighted by atomic mass is 10.1. The first kappa shape index (κ1) is 11.0. The van der Waals surface area contributed by atoms with Crippen molar-refractivity contribution in [2.45, 2.75) is 0 Å². The third-order valence-electron chi connectivity index (χ3n) is 1.87. The molecule has 0 bridgehead atoms. The number of carboxylic acid groups (broad SMARTS) is 1. The molecule has 0 atom stereocenters. The third-order valence-corrected chi connectivity index (χ3v) is 1.87. The summed E-state index contributed by atoms with van der Waals surface area (Å²) >= 11 is 0. The summed E-state index contributed by atoms with van der Waals surface area (Å²) in [7, 11) is 3.06. The van der Waals surface area contributed by atoms with E-state index in [-0.39, 0.29) is 16.9 Å². The fourth-order valence-corrected chi connectivity index (χ4v) is 1.14. The predicted octanol–water partition coefficient (Wildman–Crippen LogP) is 0.792. The van der Waals surface area contributed by atoms with E-state index < -0.39 is 11.9 Å². The summed E-state index contributed by atoms with van der Waals surface area (Å²) in [5.74, 6) is -1.83. The SMILES string of the molecule is CN(C)C(=O)c1ccc(O)cc1C(=O)O. The zero-order chi connectivity index (χ0) is 11.6. The average Bonchev–Trinajstić information content (AvgIpc) is 2.16. The normalized spacial score (nSPS) is 9.73. The summed E-state index contributed by atoms with van der Waals surface area (Å²) in [6.07, 6.45) is 0. The summed E-state index contributed by atoms with van der Waals surface area (Å²) in [6.45, 7) is 0. The van der Waals surface area contributed by atoms with E-state index in [9.17, 15) is 9.59 Å². The number of carbonyl (C=O) groups excluding carboxylic acids is 1. The number of phenols is 1. The first-order chi connectivity index (χ1) is 6.93. The summed E-state index contributed by atoms with van der Waals surface area (Å²) in [4.78, 5) is 23.7. The Labute approximate surface area is 86.6 Å². The highest BCUT2D eigenvalue weighted by Gasteiger charge is 2.18. The van der Waals surface area contributed by atoms with Gasteiger partial charge in [-0.1, -0.05) is 0 Å². The lowest BCUT2D eigenvalue weighted by Gasteiger charge is -2.12. The highest BCUT2D eigenvalue weighted by molar-refractivity contribution is 6.04. The Hall–Kier alpha value is -2.04. The van der Waals surface area contributed by atoms with Gasteiger partial charge in [0.1, 0.15) is 5.75 Å². The lowest BCUT2D eigenvalue weighted by Crippen LogP contribution is -2.23. The van der Waals surface area contributed by atoms with Crippen molar-refractivity contribution in [3.8, 4) is 5.75 Å². The molecule has 1 aromatic rings. The maximum Gasteiger partial charge on any atom is 0.336 e. The second-order valence-electron chi connectivity index (χ2n) is 3.23. The Morgan fingerprint density at radius 1 is 1.20 bits per heavy atom. The van der Waals surface area contributed by atoms with Crippen LogP contribution < -0.4 is 0 Å². The van der Waals surface area contributed by atoms with E-state index in [1.54, 1.807) is 0 Å². The molecule has 0 aliphatic rings. The van der Waals surface area contributed by atoms with Gasteiger partial charge in [0.2, 0.25) is 0 Å². The number of benzene rings is 1. The van der Waals surface area contributed by atoms with E-state index in [2.05, 4.69) is 0 Å². The fourth-order valence-electron chi connectivity index (χ4n) is 1.14. The van der Waals surface area contributed by atoms with Crippen molar-refractivity contribution in [2.24, 2.45) is 0 Å². The highest BCUT2D eigenvalue weighted by atomic mass is 16.4. The third kappa shape index (κ3) is 2.25. The Kier molecular flexibility index (Phi) is 2.94. The summed E-state index contributed by atoms with van der Waals surface area (Å²) in [6, 6.07) is 3.63. The Bertz CT molecular complexity index is 412. The minimum atomic E-state index is -1.24. The van der Waals surface area contributed by atoms with Crippen molar-refractivity contribution in [3.63, 3.8) is 0 Å². The van der Waals surface area contributed by atoms with Gasteiger partial charge in [0.15, 0.2) is 0 Å². The lowest BCUT2D eigenvalue weighted by molar-refractivity contribution is 0.0684. The van der Waals surface area contributed by atoms with Gasteiger partial charge in [-0.05, 0) is 18.2 Å².